The SMILES string of the molecule is N=c1sc2c(n1CC(N)=O)CCC2. The summed E-state index contributed by atoms with van der Waals surface area (Å²) >= 11 is 1.47. The molecule has 0 unspecified atom stereocenters. The van der Waals surface area contributed by atoms with Gasteiger partial charge in [-0.1, -0.05) is 0 Å². The number of carbonyl (C=O) groups excluding carboxylic acids is 1. The number of primary amides is 1. The van der Waals surface area contributed by atoms with Gasteiger partial charge >= 0.3 is 0 Å². The van der Waals surface area contributed by atoms with E-state index in [4.69, 9.17) is 11.1 Å². The average molecular weight is 197 g/mol. The number of nitrogens with zero attached hydrogens (tertiary/aromatic N) is 1. The second-order valence-electron chi connectivity index (χ2n) is 3.18. The maximum Gasteiger partial charge on any atom is 0.237 e. The van der Waals surface area contributed by atoms with E-state index in [2.05, 4.69) is 0 Å². The van der Waals surface area contributed by atoms with Gasteiger partial charge in [0.05, 0.1) is 0 Å². The molecule has 3 N–H and O–H groups in total. The molecule has 13 heavy (non-hydrogen) atoms. The predicted molar refractivity (Wildman–Crippen MR) is 49.4 cm³/mol. The van der Waals surface area contributed by atoms with Crippen LogP contribution in [-0.2, 0) is 24.2 Å². The first-order chi connectivity index (χ1) is 6.18. The van der Waals surface area contributed by atoms with Crippen molar-refractivity contribution in [3.8, 4) is 0 Å². The lowest BCUT2D eigenvalue weighted by molar-refractivity contribution is -0.118. The summed E-state index contributed by atoms with van der Waals surface area (Å²) in [6.07, 6.45) is 3.18. The third kappa shape index (κ3) is 1.39. The number of rotatable bonds is 2. The Hall–Kier alpha value is -1.10. The molecule has 1 heterocycles. The standard InChI is InChI=1S/C8H11N3OS/c9-7(12)4-11-5-2-1-3-6(5)13-8(11)10/h10H,1-4H2,(H2,9,12). The highest BCUT2D eigenvalue weighted by molar-refractivity contribution is 7.09. The molecule has 0 atom stereocenters. The van der Waals surface area contributed by atoms with Gasteiger partial charge in [-0.25, -0.2) is 0 Å². The number of thiazole rings is 1. The number of aromatic nitrogens is 1. The summed E-state index contributed by atoms with van der Waals surface area (Å²) in [6.45, 7) is 0.157. The van der Waals surface area contributed by atoms with Gasteiger partial charge in [-0.2, -0.15) is 0 Å². The topological polar surface area (TPSA) is 71.9 Å². The first-order valence-corrected chi connectivity index (χ1v) is 5.04. The highest BCUT2D eigenvalue weighted by Crippen LogP contribution is 2.23. The molecule has 0 aliphatic heterocycles. The zero-order chi connectivity index (χ0) is 9.42. The van der Waals surface area contributed by atoms with E-state index >= 15 is 0 Å². The largest absolute Gasteiger partial charge is 0.368 e. The first-order valence-electron chi connectivity index (χ1n) is 4.23. The van der Waals surface area contributed by atoms with Crippen LogP contribution in [0.4, 0.5) is 0 Å². The molecule has 2 rings (SSSR count). The molecule has 0 bridgehead atoms. The van der Waals surface area contributed by atoms with Crippen LogP contribution in [0.3, 0.4) is 0 Å². The molecule has 0 saturated carbocycles. The van der Waals surface area contributed by atoms with Gasteiger partial charge in [0, 0.05) is 10.6 Å². The second-order valence-corrected chi connectivity index (χ2v) is 4.27. The molecule has 1 aromatic heterocycles. The minimum atomic E-state index is -0.369. The van der Waals surface area contributed by atoms with Crippen molar-refractivity contribution in [1.82, 2.24) is 4.57 Å². The fourth-order valence-corrected chi connectivity index (χ4v) is 2.81. The number of aryl methyl sites for hydroxylation is 1. The lowest BCUT2D eigenvalue weighted by Crippen LogP contribution is -2.26. The summed E-state index contributed by atoms with van der Waals surface area (Å²) in [6, 6.07) is 0. The minimum Gasteiger partial charge on any atom is -0.368 e. The molecule has 1 aliphatic carbocycles. The van der Waals surface area contributed by atoms with Crippen LogP contribution in [0, 0.1) is 5.41 Å². The van der Waals surface area contributed by atoms with E-state index in [-0.39, 0.29) is 12.5 Å². The molecule has 1 amide bonds. The fraction of sp³-hybridized carbons (Fsp3) is 0.500. The number of amides is 1. The number of nitrogens with one attached hydrogen (secondary N) is 1. The third-order valence-corrected chi connectivity index (χ3v) is 3.34. The van der Waals surface area contributed by atoms with E-state index in [1.807, 2.05) is 0 Å². The Morgan fingerprint density at radius 2 is 2.38 bits per heavy atom. The van der Waals surface area contributed by atoms with Crippen LogP contribution in [0.25, 0.3) is 0 Å². The van der Waals surface area contributed by atoms with E-state index in [0.29, 0.717) is 4.80 Å². The van der Waals surface area contributed by atoms with Crippen LogP contribution in [0.15, 0.2) is 0 Å². The summed E-state index contributed by atoms with van der Waals surface area (Å²) in [5.41, 5.74) is 6.26. The fourth-order valence-electron chi connectivity index (χ4n) is 1.71. The summed E-state index contributed by atoms with van der Waals surface area (Å²) in [4.78, 5) is 12.4. The summed E-state index contributed by atoms with van der Waals surface area (Å²) < 4.78 is 1.73. The van der Waals surface area contributed by atoms with Crippen molar-refractivity contribution in [3.05, 3.63) is 15.4 Å². The van der Waals surface area contributed by atoms with Crippen molar-refractivity contribution in [2.45, 2.75) is 25.8 Å². The molecular formula is C8H11N3OS. The Kier molecular flexibility index (Phi) is 1.95. The maximum atomic E-state index is 10.7. The number of hydrogen-bond acceptors (Lipinski definition) is 3. The van der Waals surface area contributed by atoms with Gasteiger partial charge in [-0.3, -0.25) is 10.2 Å². The van der Waals surface area contributed by atoms with Crippen molar-refractivity contribution in [1.29, 1.82) is 5.41 Å². The average Bonchev–Trinajstić information content (AvgIpc) is 2.55. The summed E-state index contributed by atoms with van der Waals surface area (Å²) in [5.74, 6) is -0.369. The van der Waals surface area contributed by atoms with E-state index in [9.17, 15) is 4.79 Å². The van der Waals surface area contributed by atoms with Crippen molar-refractivity contribution in [2.24, 2.45) is 5.73 Å². The Bertz CT molecular complexity index is 404. The molecule has 4 nitrogen and oxygen atoms in total. The van der Waals surface area contributed by atoms with E-state index in [1.165, 1.54) is 16.2 Å². The van der Waals surface area contributed by atoms with Gasteiger partial charge in [0.25, 0.3) is 0 Å². The van der Waals surface area contributed by atoms with Crippen molar-refractivity contribution in [2.75, 3.05) is 0 Å². The Labute approximate surface area is 79.5 Å². The zero-order valence-electron chi connectivity index (χ0n) is 7.17. The monoisotopic (exact) mass is 197 g/mol. The summed E-state index contributed by atoms with van der Waals surface area (Å²) in [7, 11) is 0. The number of nitrogens with two attached hydrogens (primary N) is 1. The van der Waals surface area contributed by atoms with Crippen LogP contribution in [0.2, 0.25) is 0 Å². The number of fused-ring (bicyclic) bond motifs is 1. The van der Waals surface area contributed by atoms with Crippen LogP contribution in [0.5, 0.6) is 0 Å². The quantitative estimate of drug-likeness (QED) is 0.688. The Balaban J connectivity index is 2.44. The molecule has 0 saturated heterocycles. The van der Waals surface area contributed by atoms with Gasteiger partial charge in [0.15, 0.2) is 4.80 Å². The Morgan fingerprint density at radius 3 is 3.08 bits per heavy atom. The van der Waals surface area contributed by atoms with Gasteiger partial charge in [0.1, 0.15) is 6.54 Å². The summed E-state index contributed by atoms with van der Waals surface area (Å²) in [5, 5.41) is 7.64. The van der Waals surface area contributed by atoms with Crippen molar-refractivity contribution in [3.63, 3.8) is 0 Å². The van der Waals surface area contributed by atoms with E-state index < -0.39 is 0 Å². The second kappa shape index (κ2) is 2.99. The molecule has 1 aliphatic rings. The normalized spacial score (nSPS) is 14.5. The van der Waals surface area contributed by atoms with E-state index in [0.717, 1.165) is 25.0 Å². The minimum absolute atomic E-state index is 0.157. The first kappa shape index (κ1) is 8.50. The highest BCUT2D eigenvalue weighted by Gasteiger charge is 2.18. The molecule has 0 fully saturated rings. The smallest absolute Gasteiger partial charge is 0.237 e. The van der Waals surface area contributed by atoms with Gasteiger partial charge < -0.3 is 10.3 Å². The van der Waals surface area contributed by atoms with Gasteiger partial charge in [0.2, 0.25) is 5.91 Å². The molecule has 70 valence electrons. The van der Waals surface area contributed by atoms with Gasteiger partial charge in [-0.15, -0.1) is 11.3 Å². The molecule has 0 spiro atoms. The molecule has 5 heteroatoms. The number of hydrogen-bond donors (Lipinski definition) is 2. The lowest BCUT2D eigenvalue weighted by atomic mass is 10.3. The lowest BCUT2D eigenvalue weighted by Gasteiger charge is -2.02. The molecular weight excluding hydrogens is 186 g/mol. The van der Waals surface area contributed by atoms with Crippen LogP contribution in [0.1, 0.15) is 17.0 Å². The molecule has 0 aromatic carbocycles. The highest BCUT2D eigenvalue weighted by atomic mass is 32.1. The van der Waals surface area contributed by atoms with E-state index in [1.54, 1.807) is 4.57 Å². The maximum absolute atomic E-state index is 10.7. The van der Waals surface area contributed by atoms with Crippen LogP contribution < -0.4 is 10.5 Å². The Morgan fingerprint density at radius 1 is 1.62 bits per heavy atom. The molecule has 0 radical (unpaired) electrons. The van der Waals surface area contributed by atoms with Crippen molar-refractivity contribution >= 4 is 17.2 Å². The van der Waals surface area contributed by atoms with Crippen molar-refractivity contribution < 1.29 is 4.79 Å². The van der Waals surface area contributed by atoms with Gasteiger partial charge in [-0.05, 0) is 19.3 Å². The number of carbonyl (C=O) groups is 1. The molecule has 1 aromatic rings. The predicted octanol–water partition coefficient (Wildman–Crippen LogP) is 0.00307. The van der Waals surface area contributed by atoms with Crippen LogP contribution >= 0.6 is 11.3 Å². The zero-order valence-corrected chi connectivity index (χ0v) is 7.99. The van der Waals surface area contributed by atoms with Crippen LogP contribution in [-0.4, -0.2) is 10.5 Å². The third-order valence-electron chi connectivity index (χ3n) is 2.24.